The lowest BCUT2D eigenvalue weighted by Crippen LogP contribution is -2.44. The van der Waals surface area contributed by atoms with Crippen LogP contribution in [0.15, 0.2) is 237 Å². The molecule has 3 aromatic heterocycles. The van der Waals surface area contributed by atoms with Crippen molar-refractivity contribution in [1.29, 1.82) is 0 Å². The zero-order chi connectivity index (χ0) is 75.7. The predicted octanol–water partition coefficient (Wildman–Crippen LogP) is 13.4. The Hall–Kier alpha value is -12.3. The third-order valence-corrected chi connectivity index (χ3v) is 19.3. The first-order chi connectivity index (χ1) is 53.3. The molecule has 0 radical (unpaired) electrons. The topological polar surface area (TPSA) is 328 Å². The zero-order valence-corrected chi connectivity index (χ0v) is 61.0. The number of aromatic nitrogens is 3. The average Bonchev–Trinajstić information content (AvgIpc) is 1.65. The normalized spacial score (nSPS) is 12.1. The smallest absolute Gasteiger partial charge is 0.246 e. The number of rotatable bonds is 39. The number of unbranched alkanes of at least 4 members (excludes halogenated alkanes) is 3. The van der Waals surface area contributed by atoms with E-state index < -0.39 is 24.0 Å². The number of H-pyrrole nitrogens is 3. The minimum Gasteiger partial charge on any atom is -0.489 e. The van der Waals surface area contributed by atoms with Crippen LogP contribution in [0.3, 0.4) is 0 Å². The van der Waals surface area contributed by atoms with Crippen molar-refractivity contribution in [3.05, 3.63) is 287 Å². The molecule has 0 aliphatic rings. The number of hydrogen-bond acceptors (Lipinski definition) is 12. The van der Waals surface area contributed by atoms with Crippen LogP contribution >= 0.6 is 0 Å². The average molecular weight is 1460 g/mol. The molecule has 9 aromatic carbocycles. The van der Waals surface area contributed by atoms with Gasteiger partial charge in [-0.3, -0.25) is 28.8 Å². The molecule has 560 valence electrons. The van der Waals surface area contributed by atoms with Crippen molar-refractivity contribution in [3.63, 3.8) is 0 Å². The van der Waals surface area contributed by atoms with E-state index in [2.05, 4.69) is 46.9 Å². The Balaban J connectivity index is 0.747. The van der Waals surface area contributed by atoms with Crippen molar-refractivity contribution in [3.8, 4) is 17.2 Å². The molecule has 0 aliphatic carbocycles. The van der Waals surface area contributed by atoms with Gasteiger partial charge in [-0.1, -0.05) is 127 Å². The molecule has 3 heterocycles. The molecular weight excluding hydrogens is 1370 g/mol. The van der Waals surface area contributed by atoms with Crippen molar-refractivity contribution in [1.82, 2.24) is 30.9 Å². The lowest BCUT2D eigenvalue weighted by atomic mass is 9.85. The van der Waals surface area contributed by atoms with Crippen LogP contribution < -0.4 is 63.3 Å². The van der Waals surface area contributed by atoms with Gasteiger partial charge in [0.25, 0.3) is 0 Å². The second-order valence-corrected chi connectivity index (χ2v) is 27.4. The van der Waals surface area contributed by atoms with E-state index in [1.807, 2.05) is 218 Å². The summed E-state index contributed by atoms with van der Waals surface area (Å²) in [5, 5.41) is 20.8. The van der Waals surface area contributed by atoms with E-state index in [1.165, 1.54) is 0 Å². The summed E-state index contributed by atoms with van der Waals surface area (Å²) in [6.07, 6.45) is 10.4. The number of benzene rings is 9. The largest absolute Gasteiger partial charge is 0.489 e. The number of ether oxygens (including phenoxy) is 3. The monoisotopic (exact) mass is 1460 g/mol. The Kier molecular flexibility index (Phi) is 26.8. The number of hydrogen-bond donors (Lipinski definition) is 12. The molecule has 12 rings (SSSR count). The SMILES string of the molecule is NCCCC[C@H](NC(=O)Cc1c[nH]c2ccc(OCc3ccccc3)cc12)C(=O)Nc1ccc(C(c2ccc(NC(=O)[C@H](CCCCN)NC(=O)Cc3c[nH]c4ccc(OCc5ccccc5)cc34)cc2)c2ccc(NC(=O)[C@H](CCCCN)NC(=O)Cc3c[nH]c4ccc(OCc5ccccc5)cc34)cc2)cc1. The van der Waals surface area contributed by atoms with Gasteiger partial charge in [0.2, 0.25) is 35.4 Å². The van der Waals surface area contributed by atoms with Gasteiger partial charge < -0.3 is 78.3 Å². The molecule has 21 heteroatoms. The summed E-state index contributed by atoms with van der Waals surface area (Å²) in [6, 6.07) is 66.7. The summed E-state index contributed by atoms with van der Waals surface area (Å²) in [5.41, 5.74) is 29.7. The molecule has 12 aromatic rings. The highest BCUT2D eigenvalue weighted by Crippen LogP contribution is 2.35. The number of carbonyl (C=O) groups excluding carboxylic acids is 6. The first-order valence-electron chi connectivity index (χ1n) is 37.3. The van der Waals surface area contributed by atoms with Gasteiger partial charge in [0.1, 0.15) is 55.2 Å². The molecule has 6 amide bonds. The number of anilines is 3. The van der Waals surface area contributed by atoms with E-state index >= 15 is 0 Å². The third-order valence-electron chi connectivity index (χ3n) is 19.3. The molecule has 0 fully saturated rings. The van der Waals surface area contributed by atoms with Gasteiger partial charge >= 0.3 is 0 Å². The molecule has 0 spiro atoms. The lowest BCUT2D eigenvalue weighted by molar-refractivity contribution is -0.126. The maximum Gasteiger partial charge on any atom is 0.246 e. The fraction of sp³-hybridized carbons (Fsp3) is 0.250. The number of carbonyl (C=O) groups is 6. The van der Waals surface area contributed by atoms with Crippen LogP contribution in [0.2, 0.25) is 0 Å². The highest BCUT2D eigenvalue weighted by atomic mass is 16.5. The molecular formula is C88H94N12O9. The van der Waals surface area contributed by atoms with Gasteiger partial charge in [-0.15, -0.1) is 0 Å². The number of aromatic amines is 3. The third kappa shape index (κ3) is 21.5. The Labute approximate surface area is 633 Å². The lowest BCUT2D eigenvalue weighted by Gasteiger charge is -2.22. The molecule has 15 N–H and O–H groups in total. The van der Waals surface area contributed by atoms with Crippen LogP contribution in [0.5, 0.6) is 17.2 Å². The van der Waals surface area contributed by atoms with Crippen LogP contribution in [0, 0.1) is 0 Å². The summed E-state index contributed by atoms with van der Waals surface area (Å²) >= 11 is 0. The van der Waals surface area contributed by atoms with Crippen molar-refractivity contribution in [2.45, 2.75) is 121 Å². The number of nitrogens with two attached hydrogens (primary N) is 3. The molecule has 0 bridgehead atoms. The zero-order valence-electron chi connectivity index (χ0n) is 61.0. The van der Waals surface area contributed by atoms with Gasteiger partial charge in [-0.25, -0.2) is 0 Å². The van der Waals surface area contributed by atoms with Gasteiger partial charge in [0.05, 0.1) is 19.3 Å². The minimum absolute atomic E-state index is 0.0186. The van der Waals surface area contributed by atoms with E-state index in [9.17, 15) is 28.8 Å². The fourth-order valence-corrected chi connectivity index (χ4v) is 13.5. The summed E-state index contributed by atoms with van der Waals surface area (Å²) in [5.74, 6) is -0.556. The Morgan fingerprint density at radius 2 is 0.606 bits per heavy atom. The summed E-state index contributed by atoms with van der Waals surface area (Å²) < 4.78 is 18.3. The van der Waals surface area contributed by atoms with Crippen LogP contribution in [-0.4, -0.2) is 88.2 Å². The molecule has 3 atom stereocenters. The highest BCUT2D eigenvalue weighted by Gasteiger charge is 2.27. The predicted molar refractivity (Wildman–Crippen MR) is 429 cm³/mol. The molecule has 0 saturated heterocycles. The Morgan fingerprint density at radius 3 is 0.872 bits per heavy atom. The molecule has 21 nitrogen and oxygen atoms in total. The van der Waals surface area contributed by atoms with E-state index in [1.54, 1.807) is 18.6 Å². The molecule has 0 unspecified atom stereocenters. The quantitative estimate of drug-likeness (QED) is 0.0126. The van der Waals surface area contributed by atoms with Crippen LogP contribution in [0.4, 0.5) is 17.1 Å². The van der Waals surface area contributed by atoms with Crippen molar-refractivity contribution in [2.75, 3.05) is 35.6 Å². The second-order valence-electron chi connectivity index (χ2n) is 27.4. The van der Waals surface area contributed by atoms with Crippen molar-refractivity contribution in [2.24, 2.45) is 17.2 Å². The number of amides is 6. The maximum atomic E-state index is 14.3. The molecule has 109 heavy (non-hydrogen) atoms. The Bertz CT molecular complexity index is 4490. The van der Waals surface area contributed by atoms with E-state index in [0.717, 1.165) is 82.8 Å². The fourth-order valence-electron chi connectivity index (χ4n) is 13.5. The van der Waals surface area contributed by atoms with E-state index in [4.69, 9.17) is 31.4 Å². The van der Waals surface area contributed by atoms with Crippen molar-refractivity contribution >= 4 is 85.2 Å². The maximum absolute atomic E-state index is 14.3. The van der Waals surface area contributed by atoms with Gasteiger partial charge in [-0.2, -0.15) is 0 Å². The summed E-state index contributed by atoms with van der Waals surface area (Å²) in [4.78, 5) is 94.6. The summed E-state index contributed by atoms with van der Waals surface area (Å²) in [6.45, 7) is 2.47. The first-order valence-corrected chi connectivity index (χ1v) is 37.3. The van der Waals surface area contributed by atoms with Crippen LogP contribution in [0.1, 0.15) is 114 Å². The molecule has 0 aliphatic heterocycles. The standard InChI is InChI=1S/C88H94N12O9/c89-43-13-10-22-79(98-82(101)46-64-52-92-76-40-37-70(49-73(64)76)107-55-58-16-4-1-5-17-58)86(104)95-67-31-25-61(26-32-67)85(62-27-33-68(34-28-62)96-87(105)80(23-11-14-44-90)99-83(102)47-65-53-93-77-41-38-71(50-74(65)77)108-56-59-18-6-2-7-19-59)63-29-35-69(36-30-63)97-88(106)81(24-12-15-45-91)100-84(103)48-66-54-94-78-42-39-72(51-75(66)78)109-57-60-20-8-3-9-21-60/h1-9,16-21,25-42,49-54,79-81,85,92-94H,10-15,22-24,43-48,55-57,89-91H2,(H,95,104)(H,96,105)(H,97,106)(H,98,101)(H,99,102)(H,100,103)/t79-,80-,81-/m0/s1. The van der Waals surface area contributed by atoms with E-state index in [-0.39, 0.29) is 54.7 Å². The van der Waals surface area contributed by atoms with Gasteiger partial charge in [-0.05, 0) is 218 Å². The second kappa shape index (κ2) is 38.3. The molecule has 0 saturated carbocycles. The minimum atomic E-state index is -0.870. The Morgan fingerprint density at radius 1 is 0.330 bits per heavy atom. The first kappa shape index (κ1) is 76.4. The van der Waals surface area contributed by atoms with Gasteiger partial charge in [0.15, 0.2) is 0 Å². The van der Waals surface area contributed by atoms with E-state index in [0.29, 0.717) is 132 Å². The van der Waals surface area contributed by atoms with Crippen molar-refractivity contribution < 1.29 is 43.0 Å². The van der Waals surface area contributed by atoms with Crippen LogP contribution in [0.25, 0.3) is 32.7 Å². The van der Waals surface area contributed by atoms with Gasteiger partial charge in [0, 0.05) is 74.3 Å². The number of fused-ring (bicyclic) bond motifs is 3. The number of nitrogens with one attached hydrogen (secondary N) is 9. The van der Waals surface area contributed by atoms with Crippen LogP contribution in [-0.2, 0) is 67.9 Å². The highest BCUT2D eigenvalue weighted by molar-refractivity contribution is 6.01. The summed E-state index contributed by atoms with van der Waals surface area (Å²) in [7, 11) is 0.